The first kappa shape index (κ1) is 27.7. The Hall–Kier alpha value is -4.36. The van der Waals surface area contributed by atoms with Gasteiger partial charge in [-0.25, -0.2) is 22.9 Å². The Balaban J connectivity index is 2.01. The fraction of sp³-hybridized carbons (Fsp3) is 0.308. The van der Waals surface area contributed by atoms with Crippen LogP contribution in [-0.2, 0) is 16.0 Å². The molecule has 2 aromatic rings. The second-order valence-corrected chi connectivity index (χ2v) is 11.1. The van der Waals surface area contributed by atoms with Crippen LogP contribution in [0.4, 0.5) is 28.4 Å². The zero-order chi connectivity index (χ0) is 28.7. The minimum atomic E-state index is -4.72. The monoisotopic (exact) mass is 557 g/mol. The summed E-state index contributed by atoms with van der Waals surface area (Å²) in [6.45, 7) is 1.94. The van der Waals surface area contributed by atoms with Gasteiger partial charge in [0.1, 0.15) is 6.04 Å². The molecule has 0 aromatic heterocycles. The van der Waals surface area contributed by atoms with Gasteiger partial charge in [-0.2, -0.15) is 23.7 Å². The van der Waals surface area contributed by atoms with Gasteiger partial charge in [0.05, 0.1) is 39.4 Å². The molecule has 2 aliphatic heterocycles. The van der Waals surface area contributed by atoms with Crippen LogP contribution < -0.4 is 4.90 Å². The summed E-state index contributed by atoms with van der Waals surface area (Å²) in [6.07, 6.45) is -2.52. The van der Waals surface area contributed by atoms with Gasteiger partial charge in [0.25, 0.3) is 0 Å². The molecule has 0 radical (unpaired) electrons. The summed E-state index contributed by atoms with van der Waals surface area (Å²) in [6, 6.07) is 7.99. The molecule has 0 saturated carbocycles. The second kappa shape index (κ2) is 10.1. The van der Waals surface area contributed by atoms with Crippen LogP contribution >= 0.6 is 0 Å². The first-order valence-corrected chi connectivity index (χ1v) is 13.6. The number of benzene rings is 2. The van der Waals surface area contributed by atoms with Crippen molar-refractivity contribution in [1.82, 2.24) is 9.80 Å². The summed E-state index contributed by atoms with van der Waals surface area (Å²) in [4.78, 5) is 30.3. The Labute approximate surface area is 222 Å². The minimum absolute atomic E-state index is 0.00327. The van der Waals surface area contributed by atoms with Crippen LogP contribution in [0.5, 0.6) is 0 Å². The molecule has 2 heterocycles. The zero-order valence-corrected chi connectivity index (χ0v) is 21.7. The lowest BCUT2D eigenvalue weighted by Crippen LogP contribution is -2.55. The van der Waals surface area contributed by atoms with E-state index in [0.29, 0.717) is 30.8 Å². The van der Waals surface area contributed by atoms with Gasteiger partial charge in [0.15, 0.2) is 9.84 Å². The highest BCUT2D eigenvalue weighted by Crippen LogP contribution is 2.43. The Morgan fingerprint density at radius 1 is 1.05 bits per heavy atom. The zero-order valence-electron chi connectivity index (χ0n) is 20.9. The third-order valence-electron chi connectivity index (χ3n) is 6.63. The van der Waals surface area contributed by atoms with E-state index in [4.69, 9.17) is 0 Å². The van der Waals surface area contributed by atoms with E-state index < -0.39 is 39.7 Å². The number of alkyl halides is 3. The van der Waals surface area contributed by atoms with Gasteiger partial charge in [-0.15, -0.1) is 0 Å². The Morgan fingerprint density at radius 2 is 1.72 bits per heavy atom. The van der Waals surface area contributed by atoms with Crippen LogP contribution in [0.3, 0.4) is 0 Å². The van der Waals surface area contributed by atoms with Gasteiger partial charge >= 0.3 is 18.2 Å². The van der Waals surface area contributed by atoms with Gasteiger partial charge in [-0.05, 0) is 55.7 Å². The summed E-state index contributed by atoms with van der Waals surface area (Å²) in [5.74, 6) is 0. The van der Waals surface area contributed by atoms with Crippen LogP contribution in [-0.4, -0.2) is 49.6 Å². The molecule has 1 atom stereocenters. The summed E-state index contributed by atoms with van der Waals surface area (Å²) >= 11 is 0. The van der Waals surface area contributed by atoms with Crippen molar-refractivity contribution in [2.45, 2.75) is 36.9 Å². The summed E-state index contributed by atoms with van der Waals surface area (Å²) in [5.41, 5.74) is -1.62. The second-order valence-electron chi connectivity index (χ2n) is 9.16. The lowest BCUT2D eigenvalue weighted by molar-refractivity contribution is -0.137. The Kier molecular flexibility index (Phi) is 7.15. The molecule has 4 rings (SSSR count). The molecule has 0 N–H and O–H groups in total. The van der Waals surface area contributed by atoms with Crippen LogP contribution in [0.1, 0.15) is 42.5 Å². The standard InChI is InChI=1S/C26H22F3N5O4S/c1-16-21(15-31)23(20-9-8-17(14-30)12-22(20)39(2,37)38)34(24(35)32-10-3-4-11-32)25(36)33(16)19-7-5-6-18(13-19)26(27,28)29/h5-9,12-13,23H,3-4,10-11H2,1-2H3/t23-/m1/s1. The number of carbonyl (C=O) groups is 2. The number of imide groups is 1. The highest BCUT2D eigenvalue weighted by Gasteiger charge is 2.46. The fourth-order valence-corrected chi connectivity index (χ4v) is 5.72. The van der Waals surface area contributed by atoms with Gasteiger partial charge < -0.3 is 4.90 Å². The Morgan fingerprint density at radius 3 is 2.28 bits per heavy atom. The molecule has 202 valence electrons. The van der Waals surface area contributed by atoms with Crippen molar-refractivity contribution in [3.8, 4) is 12.1 Å². The van der Waals surface area contributed by atoms with E-state index >= 15 is 0 Å². The molecular formula is C26H22F3N5O4S. The predicted molar refractivity (Wildman–Crippen MR) is 133 cm³/mol. The Bertz CT molecular complexity index is 1580. The van der Waals surface area contributed by atoms with E-state index in [1.54, 1.807) is 0 Å². The molecule has 0 unspecified atom stereocenters. The number of rotatable bonds is 3. The number of hydrogen-bond acceptors (Lipinski definition) is 6. The van der Waals surface area contributed by atoms with Crippen LogP contribution in [0, 0.1) is 22.7 Å². The van der Waals surface area contributed by atoms with E-state index in [1.807, 2.05) is 12.1 Å². The number of likely N-dealkylation sites (tertiary alicyclic amines) is 1. The molecule has 1 fully saturated rings. The normalized spacial score (nSPS) is 18.3. The van der Waals surface area contributed by atoms with Gasteiger partial charge in [-0.3, -0.25) is 4.90 Å². The molecular weight excluding hydrogens is 535 g/mol. The van der Waals surface area contributed by atoms with Gasteiger partial charge in [0.2, 0.25) is 0 Å². The average molecular weight is 558 g/mol. The first-order valence-electron chi connectivity index (χ1n) is 11.7. The summed E-state index contributed by atoms with van der Waals surface area (Å²) in [7, 11) is -4.02. The maximum atomic E-state index is 14.0. The molecule has 39 heavy (non-hydrogen) atoms. The number of halogens is 3. The number of urea groups is 2. The number of nitriles is 2. The van der Waals surface area contributed by atoms with Crippen LogP contribution in [0.2, 0.25) is 0 Å². The maximum absolute atomic E-state index is 14.0. The highest BCUT2D eigenvalue weighted by molar-refractivity contribution is 7.90. The number of carbonyl (C=O) groups excluding carboxylic acids is 2. The lowest BCUT2D eigenvalue weighted by atomic mass is 9.93. The van der Waals surface area contributed by atoms with Gasteiger partial charge in [-0.1, -0.05) is 12.1 Å². The van der Waals surface area contributed by atoms with Crippen molar-refractivity contribution in [1.29, 1.82) is 10.5 Å². The largest absolute Gasteiger partial charge is 0.416 e. The molecule has 0 bridgehead atoms. The van der Waals surface area contributed by atoms with Crippen molar-refractivity contribution < 1.29 is 31.2 Å². The quantitative estimate of drug-likeness (QED) is 0.524. The smallest absolute Gasteiger partial charge is 0.324 e. The minimum Gasteiger partial charge on any atom is -0.324 e. The van der Waals surface area contributed by atoms with Crippen LogP contribution in [0.15, 0.2) is 58.6 Å². The average Bonchev–Trinajstić information content (AvgIpc) is 3.42. The number of allylic oxidation sites excluding steroid dienone is 1. The molecule has 4 amide bonds. The third kappa shape index (κ3) is 5.05. The number of anilines is 1. The number of nitrogens with zero attached hydrogens (tertiary/aromatic N) is 5. The number of sulfone groups is 1. The molecule has 1 saturated heterocycles. The van der Waals surface area contributed by atoms with Crippen molar-refractivity contribution in [3.05, 3.63) is 70.4 Å². The van der Waals surface area contributed by atoms with E-state index in [9.17, 15) is 41.7 Å². The SMILES string of the molecule is CC1=C(C#N)[C@@H](c2ccc(C#N)cc2S(C)(=O)=O)N(C(=O)N2CCCC2)C(=O)N1c1cccc(C(F)(F)F)c1. The van der Waals surface area contributed by atoms with Crippen LogP contribution in [0.25, 0.3) is 0 Å². The lowest BCUT2D eigenvalue weighted by Gasteiger charge is -2.42. The van der Waals surface area contributed by atoms with E-state index in [-0.39, 0.29) is 33.0 Å². The van der Waals surface area contributed by atoms with E-state index in [0.717, 1.165) is 35.4 Å². The van der Waals surface area contributed by atoms with Gasteiger partial charge in [0, 0.05) is 25.0 Å². The summed E-state index contributed by atoms with van der Waals surface area (Å²) in [5, 5.41) is 19.5. The summed E-state index contributed by atoms with van der Waals surface area (Å²) < 4.78 is 65.9. The van der Waals surface area contributed by atoms with Crippen molar-refractivity contribution in [2.75, 3.05) is 24.2 Å². The maximum Gasteiger partial charge on any atom is 0.416 e. The molecule has 0 spiro atoms. The van der Waals surface area contributed by atoms with Crippen molar-refractivity contribution in [2.24, 2.45) is 0 Å². The number of amides is 4. The van der Waals surface area contributed by atoms with E-state index in [2.05, 4.69) is 0 Å². The first-order chi connectivity index (χ1) is 18.3. The predicted octanol–water partition coefficient (Wildman–Crippen LogP) is 4.98. The molecule has 0 aliphatic carbocycles. The molecule has 2 aromatic carbocycles. The third-order valence-corrected chi connectivity index (χ3v) is 7.78. The number of hydrogen-bond donors (Lipinski definition) is 0. The van der Waals surface area contributed by atoms with E-state index in [1.165, 1.54) is 30.0 Å². The topological polar surface area (TPSA) is 126 Å². The van der Waals surface area contributed by atoms with Crippen molar-refractivity contribution in [3.63, 3.8) is 0 Å². The highest BCUT2D eigenvalue weighted by atomic mass is 32.2. The molecule has 13 heteroatoms. The van der Waals surface area contributed by atoms with Crippen molar-refractivity contribution >= 4 is 27.6 Å². The molecule has 9 nitrogen and oxygen atoms in total. The molecule has 2 aliphatic rings. The fourth-order valence-electron chi connectivity index (χ4n) is 4.78.